The number of hydrogen-bond acceptors (Lipinski definition) is 4. The summed E-state index contributed by atoms with van der Waals surface area (Å²) < 4.78 is 5.98. The van der Waals surface area contributed by atoms with Gasteiger partial charge in [-0.05, 0) is 25.3 Å². The van der Waals surface area contributed by atoms with Crippen LogP contribution in [0.3, 0.4) is 0 Å². The molecule has 0 spiro atoms. The zero-order valence-corrected chi connectivity index (χ0v) is 13.2. The Morgan fingerprint density at radius 1 is 1.30 bits per heavy atom. The fourth-order valence-corrected chi connectivity index (χ4v) is 2.91. The van der Waals surface area contributed by atoms with E-state index in [1.807, 2.05) is 0 Å². The molecule has 0 bridgehead atoms. The van der Waals surface area contributed by atoms with Gasteiger partial charge in [-0.2, -0.15) is 0 Å². The number of rotatable bonds is 4. The molecule has 5 nitrogen and oxygen atoms in total. The SMILES string of the molecule is Cc1ccc([C@@H]2OCCC[C@@H]2CNC(=O)c2cnccn2)cc1. The van der Waals surface area contributed by atoms with Gasteiger partial charge < -0.3 is 10.1 Å². The van der Waals surface area contributed by atoms with Crippen molar-refractivity contribution in [2.24, 2.45) is 5.92 Å². The molecule has 2 aromatic rings. The first kappa shape index (κ1) is 15.6. The first-order chi connectivity index (χ1) is 11.2. The number of amides is 1. The minimum absolute atomic E-state index is 0.0338. The number of carbonyl (C=O) groups is 1. The fourth-order valence-electron chi connectivity index (χ4n) is 2.91. The van der Waals surface area contributed by atoms with Gasteiger partial charge in [0.1, 0.15) is 5.69 Å². The molecule has 1 aliphatic rings. The number of benzene rings is 1. The average Bonchev–Trinajstić information content (AvgIpc) is 2.61. The normalized spacial score (nSPS) is 20.9. The first-order valence-electron chi connectivity index (χ1n) is 7.96. The molecule has 0 unspecified atom stereocenters. The Kier molecular flexibility index (Phi) is 4.98. The van der Waals surface area contributed by atoms with Crippen LogP contribution in [-0.4, -0.2) is 29.0 Å². The van der Waals surface area contributed by atoms with Crippen LogP contribution in [-0.2, 0) is 4.74 Å². The predicted octanol–water partition coefficient (Wildman–Crippen LogP) is 2.68. The highest BCUT2D eigenvalue weighted by Crippen LogP contribution is 2.33. The molecule has 1 aromatic carbocycles. The van der Waals surface area contributed by atoms with Gasteiger partial charge in [-0.1, -0.05) is 29.8 Å². The molecule has 0 radical (unpaired) electrons. The minimum Gasteiger partial charge on any atom is -0.373 e. The molecule has 5 heteroatoms. The van der Waals surface area contributed by atoms with Crippen LogP contribution in [0.5, 0.6) is 0 Å². The summed E-state index contributed by atoms with van der Waals surface area (Å²) in [5, 5.41) is 2.96. The van der Waals surface area contributed by atoms with Crippen molar-refractivity contribution in [2.45, 2.75) is 25.9 Å². The summed E-state index contributed by atoms with van der Waals surface area (Å²) in [5.74, 6) is 0.0819. The molecule has 1 fully saturated rings. The Hall–Kier alpha value is -2.27. The van der Waals surface area contributed by atoms with Gasteiger partial charge in [0.15, 0.2) is 0 Å². The highest BCUT2D eigenvalue weighted by Gasteiger charge is 2.27. The van der Waals surface area contributed by atoms with Gasteiger partial charge in [0, 0.05) is 31.5 Å². The van der Waals surface area contributed by atoms with Crippen molar-refractivity contribution in [2.75, 3.05) is 13.2 Å². The van der Waals surface area contributed by atoms with Crippen LogP contribution in [0.4, 0.5) is 0 Å². The standard InChI is InChI=1S/C18H21N3O2/c1-13-4-6-14(7-5-13)17-15(3-2-10-23-17)11-21-18(22)16-12-19-8-9-20-16/h4-9,12,15,17H,2-3,10-11H2,1H3,(H,21,22)/t15-,17+/m1/s1. The Bertz CT molecular complexity index is 643. The van der Waals surface area contributed by atoms with Crippen LogP contribution in [0.2, 0.25) is 0 Å². The third-order valence-corrected chi connectivity index (χ3v) is 4.17. The first-order valence-corrected chi connectivity index (χ1v) is 7.96. The summed E-state index contributed by atoms with van der Waals surface area (Å²) in [7, 11) is 0. The van der Waals surface area contributed by atoms with Crippen LogP contribution in [0.15, 0.2) is 42.9 Å². The molecule has 2 atom stereocenters. The predicted molar refractivity (Wildman–Crippen MR) is 87.0 cm³/mol. The van der Waals surface area contributed by atoms with Gasteiger partial charge in [0.05, 0.1) is 12.3 Å². The second-order valence-electron chi connectivity index (χ2n) is 5.91. The van der Waals surface area contributed by atoms with E-state index in [9.17, 15) is 4.79 Å². The van der Waals surface area contributed by atoms with Crippen LogP contribution in [0.25, 0.3) is 0 Å². The van der Waals surface area contributed by atoms with Gasteiger partial charge in [-0.3, -0.25) is 9.78 Å². The Morgan fingerprint density at radius 2 is 2.13 bits per heavy atom. The van der Waals surface area contributed by atoms with E-state index >= 15 is 0 Å². The van der Waals surface area contributed by atoms with Crippen LogP contribution < -0.4 is 5.32 Å². The topological polar surface area (TPSA) is 64.1 Å². The Balaban J connectivity index is 1.65. The zero-order chi connectivity index (χ0) is 16.1. The van der Waals surface area contributed by atoms with Crippen molar-refractivity contribution < 1.29 is 9.53 Å². The quantitative estimate of drug-likeness (QED) is 0.943. The van der Waals surface area contributed by atoms with E-state index in [-0.39, 0.29) is 17.9 Å². The van der Waals surface area contributed by atoms with Crippen LogP contribution in [0, 0.1) is 12.8 Å². The molecule has 1 N–H and O–H groups in total. The molecule has 3 rings (SSSR count). The van der Waals surface area contributed by atoms with Gasteiger partial charge in [-0.25, -0.2) is 4.98 Å². The Labute approximate surface area is 136 Å². The number of ether oxygens (including phenoxy) is 1. The summed E-state index contributed by atoms with van der Waals surface area (Å²) in [6.45, 7) is 3.42. The average molecular weight is 311 g/mol. The van der Waals surface area contributed by atoms with Crippen molar-refractivity contribution in [1.82, 2.24) is 15.3 Å². The summed E-state index contributed by atoms with van der Waals surface area (Å²) in [6.07, 6.45) is 6.65. The van der Waals surface area contributed by atoms with Gasteiger partial charge in [0.25, 0.3) is 5.91 Å². The number of carbonyl (C=O) groups excluding carboxylic acids is 1. The van der Waals surface area contributed by atoms with Crippen molar-refractivity contribution in [3.05, 3.63) is 59.7 Å². The summed E-state index contributed by atoms with van der Waals surface area (Å²) in [6, 6.07) is 8.43. The molecular weight excluding hydrogens is 290 g/mol. The molecule has 0 saturated carbocycles. The van der Waals surface area contributed by atoms with Gasteiger partial charge in [-0.15, -0.1) is 0 Å². The van der Waals surface area contributed by atoms with Crippen molar-refractivity contribution in [1.29, 1.82) is 0 Å². The number of nitrogens with zero attached hydrogens (tertiary/aromatic N) is 2. The second kappa shape index (κ2) is 7.33. The lowest BCUT2D eigenvalue weighted by molar-refractivity contribution is -0.0272. The number of nitrogens with one attached hydrogen (secondary N) is 1. The van der Waals surface area contributed by atoms with Crippen LogP contribution in [0.1, 0.15) is 40.6 Å². The van der Waals surface area contributed by atoms with Crippen molar-refractivity contribution in [3.8, 4) is 0 Å². The molecule has 1 aliphatic heterocycles. The van der Waals surface area contributed by atoms with Gasteiger partial charge >= 0.3 is 0 Å². The lowest BCUT2D eigenvalue weighted by atomic mass is 9.89. The molecule has 23 heavy (non-hydrogen) atoms. The van der Waals surface area contributed by atoms with E-state index < -0.39 is 0 Å². The van der Waals surface area contributed by atoms with E-state index in [1.54, 1.807) is 6.20 Å². The van der Waals surface area contributed by atoms with E-state index in [1.165, 1.54) is 23.5 Å². The maximum absolute atomic E-state index is 12.1. The highest BCUT2D eigenvalue weighted by molar-refractivity contribution is 5.91. The summed E-state index contributed by atoms with van der Waals surface area (Å²) in [4.78, 5) is 20.1. The minimum atomic E-state index is -0.189. The zero-order valence-electron chi connectivity index (χ0n) is 13.2. The molecule has 0 aliphatic carbocycles. The third kappa shape index (κ3) is 3.93. The van der Waals surface area contributed by atoms with Crippen molar-refractivity contribution in [3.63, 3.8) is 0 Å². The van der Waals surface area contributed by atoms with Crippen LogP contribution >= 0.6 is 0 Å². The lowest BCUT2D eigenvalue weighted by Crippen LogP contribution is -2.35. The van der Waals surface area contributed by atoms with E-state index in [0.717, 1.165) is 19.4 Å². The monoisotopic (exact) mass is 311 g/mol. The molecule has 1 saturated heterocycles. The van der Waals surface area contributed by atoms with E-state index in [2.05, 4.69) is 46.5 Å². The third-order valence-electron chi connectivity index (χ3n) is 4.17. The van der Waals surface area contributed by atoms with Gasteiger partial charge in [0.2, 0.25) is 0 Å². The molecule has 120 valence electrons. The maximum atomic E-state index is 12.1. The Morgan fingerprint density at radius 3 is 2.87 bits per heavy atom. The lowest BCUT2D eigenvalue weighted by Gasteiger charge is -2.32. The molecular formula is C18H21N3O2. The molecule has 1 amide bonds. The van der Waals surface area contributed by atoms with E-state index in [4.69, 9.17) is 4.74 Å². The largest absolute Gasteiger partial charge is 0.373 e. The molecule has 1 aromatic heterocycles. The number of aryl methyl sites for hydroxylation is 1. The summed E-state index contributed by atoms with van der Waals surface area (Å²) >= 11 is 0. The fraction of sp³-hybridized carbons (Fsp3) is 0.389. The number of hydrogen-bond donors (Lipinski definition) is 1. The maximum Gasteiger partial charge on any atom is 0.271 e. The van der Waals surface area contributed by atoms with Crippen molar-refractivity contribution >= 4 is 5.91 Å². The second-order valence-corrected chi connectivity index (χ2v) is 5.91. The number of aromatic nitrogens is 2. The molecule has 2 heterocycles. The smallest absolute Gasteiger partial charge is 0.271 e. The highest BCUT2D eigenvalue weighted by atomic mass is 16.5. The van der Waals surface area contributed by atoms with E-state index in [0.29, 0.717) is 12.2 Å². The summed E-state index contributed by atoms with van der Waals surface area (Å²) in [5.41, 5.74) is 2.75.